The van der Waals surface area contributed by atoms with Gasteiger partial charge in [0.15, 0.2) is 0 Å². The number of carbonyl (C=O) groups is 1. The first-order valence-corrected chi connectivity index (χ1v) is 7.84. The molecule has 0 bridgehead atoms. The van der Waals surface area contributed by atoms with Crippen LogP contribution >= 0.6 is 15.9 Å². The molecule has 0 fully saturated rings. The minimum atomic E-state index is -0.0933. The second-order valence-corrected chi connectivity index (χ2v) is 6.52. The van der Waals surface area contributed by atoms with Gasteiger partial charge < -0.3 is 14.3 Å². The fraction of sp³-hybridized carbons (Fsp3) is 0.438. The molecule has 2 aromatic rings. The van der Waals surface area contributed by atoms with Gasteiger partial charge in [-0.1, -0.05) is 0 Å². The topological polar surface area (TPSA) is 47.2 Å². The van der Waals surface area contributed by atoms with Crippen molar-refractivity contribution in [3.63, 3.8) is 0 Å². The molecule has 2 rings (SSSR count). The molecule has 2 heterocycles. The van der Waals surface area contributed by atoms with E-state index in [1.54, 1.807) is 0 Å². The number of hydrogen-bond acceptors (Lipinski definition) is 2. The van der Waals surface area contributed by atoms with Crippen LogP contribution in [0.4, 0.5) is 0 Å². The molecular formula is C16H21BrN2O2. The molecule has 21 heavy (non-hydrogen) atoms. The second-order valence-electron chi connectivity index (χ2n) is 5.61. The summed E-state index contributed by atoms with van der Waals surface area (Å²) in [5.74, 6) is 1.62. The third-order valence-corrected chi connectivity index (χ3v) is 3.93. The number of aromatic nitrogens is 1. The van der Waals surface area contributed by atoms with Crippen LogP contribution in [-0.2, 0) is 0 Å². The fourth-order valence-electron chi connectivity index (χ4n) is 2.48. The van der Waals surface area contributed by atoms with E-state index in [1.807, 2.05) is 43.7 Å². The van der Waals surface area contributed by atoms with Crippen LogP contribution in [0.5, 0.6) is 0 Å². The lowest BCUT2D eigenvalue weighted by molar-refractivity contribution is 0.0929. The molecule has 2 aromatic heterocycles. The predicted molar refractivity (Wildman–Crippen MR) is 86.6 cm³/mol. The summed E-state index contributed by atoms with van der Waals surface area (Å²) in [7, 11) is 0. The molecule has 114 valence electrons. The summed E-state index contributed by atoms with van der Waals surface area (Å²) in [6.07, 6.45) is 1.93. The average molecular weight is 353 g/mol. The molecule has 0 saturated heterocycles. The van der Waals surface area contributed by atoms with Gasteiger partial charge in [0.05, 0.1) is 6.04 Å². The lowest BCUT2D eigenvalue weighted by Crippen LogP contribution is -2.29. The lowest BCUT2D eigenvalue weighted by atomic mass is 10.1. The number of aryl methyl sites for hydroxylation is 2. The van der Waals surface area contributed by atoms with E-state index >= 15 is 0 Å². The van der Waals surface area contributed by atoms with Crippen molar-refractivity contribution in [3.8, 4) is 0 Å². The van der Waals surface area contributed by atoms with Crippen molar-refractivity contribution in [1.82, 2.24) is 9.88 Å². The van der Waals surface area contributed by atoms with Crippen molar-refractivity contribution < 1.29 is 9.21 Å². The molecule has 0 aliphatic rings. The molecule has 0 aliphatic carbocycles. The Hall–Kier alpha value is -1.49. The van der Waals surface area contributed by atoms with Crippen LogP contribution in [0.15, 0.2) is 27.2 Å². The molecule has 1 amide bonds. The van der Waals surface area contributed by atoms with Crippen molar-refractivity contribution >= 4 is 21.8 Å². The van der Waals surface area contributed by atoms with E-state index in [1.165, 1.54) is 0 Å². The van der Waals surface area contributed by atoms with E-state index in [0.29, 0.717) is 5.69 Å². The standard InChI is InChI=1S/C16H21BrN2O2/c1-9(2)19-8-13(17)7-15(19)16(20)18-11(4)14-6-10(3)21-12(14)5/h6-9,11H,1-5H3,(H,18,20). The number of hydrogen-bond donors (Lipinski definition) is 1. The lowest BCUT2D eigenvalue weighted by Gasteiger charge is -2.16. The number of amides is 1. The molecule has 5 heteroatoms. The maximum atomic E-state index is 12.5. The Labute approximate surface area is 133 Å². The van der Waals surface area contributed by atoms with Gasteiger partial charge in [-0.3, -0.25) is 4.79 Å². The normalized spacial score (nSPS) is 12.7. The van der Waals surface area contributed by atoms with Gasteiger partial charge in [-0.25, -0.2) is 0 Å². The fourth-order valence-corrected chi connectivity index (χ4v) is 2.92. The third kappa shape index (κ3) is 3.40. The molecule has 0 aromatic carbocycles. The highest BCUT2D eigenvalue weighted by atomic mass is 79.9. The van der Waals surface area contributed by atoms with Crippen molar-refractivity contribution in [3.05, 3.63) is 45.6 Å². The monoisotopic (exact) mass is 352 g/mol. The Kier molecular flexibility index (Phi) is 4.61. The quantitative estimate of drug-likeness (QED) is 0.878. The van der Waals surface area contributed by atoms with E-state index in [-0.39, 0.29) is 18.0 Å². The van der Waals surface area contributed by atoms with Crippen molar-refractivity contribution in [2.24, 2.45) is 0 Å². The van der Waals surface area contributed by atoms with E-state index < -0.39 is 0 Å². The minimum Gasteiger partial charge on any atom is -0.466 e. The molecule has 1 unspecified atom stereocenters. The summed E-state index contributed by atoms with van der Waals surface area (Å²) < 4.78 is 8.39. The maximum absolute atomic E-state index is 12.5. The number of furan rings is 1. The van der Waals surface area contributed by atoms with Crippen LogP contribution in [0.1, 0.15) is 60.4 Å². The zero-order chi connectivity index (χ0) is 15.7. The van der Waals surface area contributed by atoms with Gasteiger partial charge in [0.25, 0.3) is 5.91 Å². The van der Waals surface area contributed by atoms with Gasteiger partial charge in [-0.2, -0.15) is 0 Å². The van der Waals surface area contributed by atoms with Crippen molar-refractivity contribution in [2.45, 2.75) is 46.7 Å². The van der Waals surface area contributed by atoms with Crippen molar-refractivity contribution in [1.29, 1.82) is 0 Å². The zero-order valence-electron chi connectivity index (χ0n) is 13.0. The number of nitrogens with one attached hydrogen (secondary N) is 1. The van der Waals surface area contributed by atoms with Crippen LogP contribution in [0.25, 0.3) is 0 Å². The third-order valence-electron chi connectivity index (χ3n) is 3.50. The first-order valence-electron chi connectivity index (χ1n) is 7.04. The Morgan fingerprint density at radius 2 is 1.95 bits per heavy atom. The summed E-state index contributed by atoms with van der Waals surface area (Å²) in [4.78, 5) is 12.5. The largest absolute Gasteiger partial charge is 0.466 e. The Balaban J connectivity index is 2.20. The molecule has 0 spiro atoms. The molecule has 1 atom stereocenters. The van der Waals surface area contributed by atoms with Gasteiger partial charge >= 0.3 is 0 Å². The molecule has 0 saturated carbocycles. The van der Waals surface area contributed by atoms with Gasteiger partial charge in [0, 0.05) is 22.3 Å². The first kappa shape index (κ1) is 15.9. The summed E-state index contributed by atoms with van der Waals surface area (Å²) in [6.45, 7) is 9.89. The Bertz CT molecular complexity index is 655. The summed E-state index contributed by atoms with van der Waals surface area (Å²) in [6, 6.07) is 3.95. The minimum absolute atomic E-state index is 0.0832. The van der Waals surface area contributed by atoms with E-state index in [9.17, 15) is 4.79 Å². The molecule has 1 N–H and O–H groups in total. The summed E-state index contributed by atoms with van der Waals surface area (Å²) >= 11 is 3.43. The summed E-state index contributed by atoms with van der Waals surface area (Å²) in [5, 5.41) is 3.03. The van der Waals surface area contributed by atoms with Crippen LogP contribution < -0.4 is 5.32 Å². The van der Waals surface area contributed by atoms with Gasteiger partial charge in [-0.15, -0.1) is 0 Å². The van der Waals surface area contributed by atoms with Crippen LogP contribution in [0.3, 0.4) is 0 Å². The van der Waals surface area contributed by atoms with E-state index in [0.717, 1.165) is 21.6 Å². The highest BCUT2D eigenvalue weighted by Crippen LogP contribution is 2.23. The van der Waals surface area contributed by atoms with Crippen LogP contribution in [0, 0.1) is 13.8 Å². The maximum Gasteiger partial charge on any atom is 0.268 e. The first-order chi connectivity index (χ1) is 9.79. The number of nitrogens with zero attached hydrogens (tertiary/aromatic N) is 1. The van der Waals surface area contributed by atoms with Crippen LogP contribution in [-0.4, -0.2) is 10.5 Å². The number of halogens is 1. The Morgan fingerprint density at radius 3 is 2.48 bits per heavy atom. The Morgan fingerprint density at radius 1 is 1.29 bits per heavy atom. The predicted octanol–water partition coefficient (Wildman–Crippen LogP) is 4.53. The molecule has 0 aliphatic heterocycles. The highest BCUT2D eigenvalue weighted by molar-refractivity contribution is 9.10. The average Bonchev–Trinajstić information content (AvgIpc) is 2.92. The summed E-state index contributed by atoms with van der Waals surface area (Å²) in [5.41, 5.74) is 1.67. The van der Waals surface area contributed by atoms with Gasteiger partial charge in [0.1, 0.15) is 17.2 Å². The van der Waals surface area contributed by atoms with E-state index in [4.69, 9.17) is 4.42 Å². The smallest absolute Gasteiger partial charge is 0.268 e. The van der Waals surface area contributed by atoms with Gasteiger partial charge in [0.2, 0.25) is 0 Å². The van der Waals surface area contributed by atoms with Crippen molar-refractivity contribution in [2.75, 3.05) is 0 Å². The molecular weight excluding hydrogens is 332 g/mol. The SMILES string of the molecule is Cc1cc(C(C)NC(=O)c2cc(Br)cn2C(C)C)c(C)o1. The van der Waals surface area contributed by atoms with Gasteiger partial charge in [-0.05, 0) is 62.7 Å². The highest BCUT2D eigenvalue weighted by Gasteiger charge is 2.19. The second kappa shape index (κ2) is 6.10. The van der Waals surface area contributed by atoms with E-state index in [2.05, 4.69) is 35.1 Å². The number of rotatable bonds is 4. The number of carbonyl (C=O) groups excluding carboxylic acids is 1. The van der Waals surface area contributed by atoms with Crippen LogP contribution in [0.2, 0.25) is 0 Å². The molecule has 0 radical (unpaired) electrons. The zero-order valence-corrected chi connectivity index (χ0v) is 14.6. The molecule has 4 nitrogen and oxygen atoms in total.